The van der Waals surface area contributed by atoms with Crippen molar-refractivity contribution in [2.24, 2.45) is 29.6 Å². The maximum absolute atomic E-state index is 5.82. The van der Waals surface area contributed by atoms with E-state index in [1.165, 1.54) is 69.8 Å². The highest BCUT2D eigenvalue weighted by atomic mass is 35.5. The molecule has 0 radical (unpaired) electrons. The van der Waals surface area contributed by atoms with Crippen LogP contribution in [0.15, 0.2) is 24.3 Å². The van der Waals surface area contributed by atoms with E-state index in [4.69, 9.17) is 11.6 Å². The van der Waals surface area contributed by atoms with Crippen LogP contribution in [0, 0.1) is 29.6 Å². The number of alkyl halides is 1. The van der Waals surface area contributed by atoms with Crippen molar-refractivity contribution in [2.75, 3.05) is 5.88 Å². The predicted molar refractivity (Wildman–Crippen MR) is 150 cm³/mol. The van der Waals surface area contributed by atoms with Crippen molar-refractivity contribution >= 4 is 11.6 Å². The Labute approximate surface area is 217 Å². The van der Waals surface area contributed by atoms with E-state index in [-0.39, 0.29) is 0 Å². The lowest BCUT2D eigenvalue weighted by Gasteiger charge is -2.38. The van der Waals surface area contributed by atoms with Crippen molar-refractivity contribution in [3.63, 3.8) is 0 Å². The summed E-state index contributed by atoms with van der Waals surface area (Å²) in [6.07, 6.45) is 27.7. The summed E-state index contributed by atoms with van der Waals surface area (Å²) in [5, 5.41) is 0. The zero-order valence-electron chi connectivity index (χ0n) is 22.3. The number of hydrogen-bond acceptors (Lipinski definition) is 0. The minimum atomic E-state index is 0.794. The van der Waals surface area contributed by atoms with Gasteiger partial charge in [0.1, 0.15) is 0 Å². The molecular weight excluding hydrogens is 432 g/mol. The lowest BCUT2D eigenvalue weighted by atomic mass is 9.68. The molecule has 192 valence electrons. The highest BCUT2D eigenvalue weighted by molar-refractivity contribution is 6.17. The molecular formula is C33H53Cl. The molecule has 0 bridgehead atoms. The third-order valence-electron chi connectivity index (χ3n) is 10.3. The first-order valence-corrected chi connectivity index (χ1v) is 15.9. The van der Waals surface area contributed by atoms with Gasteiger partial charge in [0.2, 0.25) is 0 Å². The first-order chi connectivity index (χ1) is 16.7. The van der Waals surface area contributed by atoms with E-state index in [2.05, 4.69) is 31.2 Å². The molecule has 34 heavy (non-hydrogen) atoms. The molecule has 0 aliphatic heterocycles. The van der Waals surface area contributed by atoms with E-state index in [1.54, 1.807) is 56.9 Å². The van der Waals surface area contributed by atoms with Crippen LogP contribution in [0.3, 0.4) is 0 Å². The quantitative estimate of drug-likeness (QED) is 0.216. The molecule has 0 atom stereocenters. The van der Waals surface area contributed by atoms with Crippen LogP contribution < -0.4 is 0 Å². The van der Waals surface area contributed by atoms with E-state index < -0.39 is 0 Å². The van der Waals surface area contributed by atoms with Gasteiger partial charge < -0.3 is 0 Å². The summed E-state index contributed by atoms with van der Waals surface area (Å²) in [4.78, 5) is 0. The van der Waals surface area contributed by atoms with E-state index >= 15 is 0 Å². The van der Waals surface area contributed by atoms with Gasteiger partial charge in [-0.05, 0) is 117 Å². The summed E-state index contributed by atoms with van der Waals surface area (Å²) in [7, 11) is 0. The van der Waals surface area contributed by atoms with Gasteiger partial charge in [0.15, 0.2) is 0 Å². The Morgan fingerprint density at radius 3 is 1.62 bits per heavy atom. The second kappa shape index (κ2) is 14.3. The fourth-order valence-electron chi connectivity index (χ4n) is 7.94. The number of hydrogen-bond donors (Lipinski definition) is 0. The lowest BCUT2D eigenvalue weighted by Crippen LogP contribution is -2.26. The molecule has 0 amide bonds. The van der Waals surface area contributed by atoms with Gasteiger partial charge in [0, 0.05) is 5.88 Å². The first kappa shape index (κ1) is 26.6. The molecule has 0 N–H and O–H groups in total. The Hall–Kier alpha value is -0.490. The molecule has 1 aromatic rings. The molecule has 0 nitrogen and oxygen atoms in total. The van der Waals surface area contributed by atoms with Crippen LogP contribution in [0.1, 0.15) is 140 Å². The standard InChI is InChI=1S/C33H53Cl/c1-2-5-26-9-17-30(18-10-26)32-21-13-28(14-22-32)7-8-29-15-23-33(24-16-29)31-19-11-27(12-20-31)6-3-4-25-34/h11-12,19-20,26,28-30,32-33H,2-10,13-18,21-25H2,1H3/t26-,28-,29-,30-,32-,33-. The van der Waals surface area contributed by atoms with Crippen molar-refractivity contribution in [2.45, 2.75) is 135 Å². The van der Waals surface area contributed by atoms with Gasteiger partial charge in [-0.25, -0.2) is 0 Å². The zero-order valence-corrected chi connectivity index (χ0v) is 23.0. The Kier molecular flexibility index (Phi) is 11.2. The summed E-state index contributed by atoms with van der Waals surface area (Å²) >= 11 is 5.82. The highest BCUT2D eigenvalue weighted by Gasteiger charge is 2.31. The molecule has 0 unspecified atom stereocenters. The Balaban J connectivity index is 1.09. The normalized spacial score (nSPS) is 32.5. The molecule has 4 rings (SSSR count). The zero-order chi connectivity index (χ0) is 23.6. The van der Waals surface area contributed by atoms with Crippen LogP contribution >= 0.6 is 11.6 Å². The number of rotatable bonds is 11. The van der Waals surface area contributed by atoms with Crippen molar-refractivity contribution in [3.8, 4) is 0 Å². The number of aryl methyl sites for hydroxylation is 1. The predicted octanol–water partition coefficient (Wildman–Crippen LogP) is 10.7. The van der Waals surface area contributed by atoms with Crippen molar-refractivity contribution in [3.05, 3.63) is 35.4 Å². The van der Waals surface area contributed by atoms with Gasteiger partial charge in [-0.1, -0.05) is 82.6 Å². The van der Waals surface area contributed by atoms with Crippen molar-refractivity contribution in [1.29, 1.82) is 0 Å². The van der Waals surface area contributed by atoms with Gasteiger partial charge in [-0.3, -0.25) is 0 Å². The largest absolute Gasteiger partial charge is 0.127 e. The molecule has 0 heterocycles. The van der Waals surface area contributed by atoms with Gasteiger partial charge in [-0.2, -0.15) is 0 Å². The van der Waals surface area contributed by atoms with Gasteiger partial charge in [0.05, 0.1) is 0 Å². The summed E-state index contributed by atoms with van der Waals surface area (Å²) in [6.45, 7) is 2.36. The molecule has 1 aromatic carbocycles. The monoisotopic (exact) mass is 484 g/mol. The Morgan fingerprint density at radius 2 is 1.12 bits per heavy atom. The molecule has 0 aromatic heterocycles. The maximum atomic E-state index is 5.82. The smallest absolute Gasteiger partial charge is 0.0223 e. The number of unbranched alkanes of at least 4 members (excludes halogenated alkanes) is 1. The van der Waals surface area contributed by atoms with Crippen molar-refractivity contribution < 1.29 is 0 Å². The third kappa shape index (κ3) is 8.01. The summed E-state index contributed by atoms with van der Waals surface area (Å²) in [5.74, 6) is 6.91. The van der Waals surface area contributed by atoms with E-state index in [1.807, 2.05) is 0 Å². The summed E-state index contributed by atoms with van der Waals surface area (Å²) in [6, 6.07) is 9.61. The molecule has 3 fully saturated rings. The molecule has 1 heteroatoms. The van der Waals surface area contributed by atoms with Crippen LogP contribution in [0.25, 0.3) is 0 Å². The van der Waals surface area contributed by atoms with Gasteiger partial charge in [-0.15, -0.1) is 11.6 Å². The van der Waals surface area contributed by atoms with E-state index in [0.717, 1.165) is 47.8 Å². The average Bonchev–Trinajstić information content (AvgIpc) is 2.89. The fraction of sp³-hybridized carbons (Fsp3) is 0.818. The molecule has 0 saturated heterocycles. The second-order valence-corrected chi connectivity index (χ2v) is 12.9. The molecule has 3 aliphatic carbocycles. The van der Waals surface area contributed by atoms with Crippen LogP contribution in [-0.2, 0) is 6.42 Å². The van der Waals surface area contributed by atoms with Crippen molar-refractivity contribution in [1.82, 2.24) is 0 Å². The Bertz CT molecular complexity index is 654. The maximum Gasteiger partial charge on any atom is 0.0223 e. The van der Waals surface area contributed by atoms with E-state index in [9.17, 15) is 0 Å². The highest BCUT2D eigenvalue weighted by Crippen LogP contribution is 2.44. The third-order valence-corrected chi connectivity index (χ3v) is 10.5. The van der Waals surface area contributed by atoms with Gasteiger partial charge in [0.25, 0.3) is 0 Å². The van der Waals surface area contributed by atoms with Crippen LogP contribution in [0.4, 0.5) is 0 Å². The summed E-state index contributed by atoms with van der Waals surface area (Å²) in [5.41, 5.74) is 3.09. The van der Waals surface area contributed by atoms with E-state index in [0.29, 0.717) is 0 Å². The lowest BCUT2D eigenvalue weighted by molar-refractivity contribution is 0.137. The first-order valence-electron chi connectivity index (χ1n) is 15.4. The number of halogens is 1. The fourth-order valence-corrected chi connectivity index (χ4v) is 8.13. The van der Waals surface area contributed by atoms with Crippen LogP contribution in [-0.4, -0.2) is 5.88 Å². The molecule has 0 spiro atoms. The Morgan fingerprint density at radius 1 is 0.618 bits per heavy atom. The number of benzene rings is 1. The SMILES string of the molecule is CCC[C@H]1CC[C@H]([C@H]2CC[C@H](CC[C@H]3CC[C@H](c4ccc(CCCCCl)cc4)CC3)CC2)CC1. The minimum absolute atomic E-state index is 0.794. The minimum Gasteiger partial charge on any atom is -0.127 e. The molecule has 3 aliphatic rings. The van der Waals surface area contributed by atoms with Gasteiger partial charge >= 0.3 is 0 Å². The average molecular weight is 485 g/mol. The topological polar surface area (TPSA) is 0 Å². The summed E-state index contributed by atoms with van der Waals surface area (Å²) < 4.78 is 0. The van der Waals surface area contributed by atoms with Crippen LogP contribution in [0.5, 0.6) is 0 Å². The van der Waals surface area contributed by atoms with Crippen LogP contribution in [0.2, 0.25) is 0 Å². The second-order valence-electron chi connectivity index (χ2n) is 12.5. The molecule has 3 saturated carbocycles.